The van der Waals surface area contributed by atoms with E-state index in [-0.39, 0.29) is 5.91 Å². The van der Waals surface area contributed by atoms with Crippen LogP contribution in [0.3, 0.4) is 0 Å². The van der Waals surface area contributed by atoms with E-state index in [0.717, 1.165) is 5.75 Å². The number of benzene rings is 1. The number of methoxy groups -OCH3 is 1. The molecule has 0 radical (unpaired) electrons. The van der Waals surface area contributed by atoms with Crippen molar-refractivity contribution in [2.45, 2.75) is 6.42 Å². The second kappa shape index (κ2) is 6.12. The average Bonchev–Trinajstić information content (AvgIpc) is 2.86. The Morgan fingerprint density at radius 2 is 2.21 bits per heavy atom. The number of thioether (sulfide) groups is 1. The van der Waals surface area contributed by atoms with Crippen molar-refractivity contribution in [3.05, 3.63) is 45.5 Å². The highest BCUT2D eigenvalue weighted by Crippen LogP contribution is 2.30. The Morgan fingerprint density at radius 3 is 2.89 bits per heavy atom. The van der Waals surface area contributed by atoms with Crippen molar-refractivity contribution in [3.8, 4) is 0 Å². The first-order chi connectivity index (χ1) is 9.11. The number of carbonyl (C=O) groups excluding carboxylic acids is 2. The molecule has 0 fully saturated rings. The summed E-state index contributed by atoms with van der Waals surface area (Å²) in [5.74, 6) is 0.0700. The minimum atomic E-state index is -0.413. The highest BCUT2D eigenvalue weighted by Gasteiger charge is 2.24. The van der Waals surface area contributed by atoms with Crippen molar-refractivity contribution in [2.24, 2.45) is 0 Å². The van der Waals surface area contributed by atoms with Gasteiger partial charge in [-0.25, -0.2) is 4.79 Å². The number of halogens is 1. The fourth-order valence-corrected chi connectivity index (χ4v) is 2.92. The maximum absolute atomic E-state index is 12.0. The Hall–Kier alpha value is -1.46. The van der Waals surface area contributed by atoms with Gasteiger partial charge in [-0.2, -0.15) is 0 Å². The summed E-state index contributed by atoms with van der Waals surface area (Å²) in [6, 6.07) is 6.65. The van der Waals surface area contributed by atoms with Crippen LogP contribution in [0.2, 0.25) is 5.02 Å². The van der Waals surface area contributed by atoms with E-state index in [4.69, 9.17) is 11.6 Å². The predicted molar refractivity (Wildman–Crippen MR) is 75.0 cm³/mol. The lowest BCUT2D eigenvalue weighted by atomic mass is 10.2. The molecule has 0 saturated heterocycles. The molecule has 1 heterocycles. The van der Waals surface area contributed by atoms with Gasteiger partial charge in [0.05, 0.1) is 7.11 Å². The number of esters is 1. The number of ether oxygens (including phenoxy) is 1. The average molecular weight is 298 g/mol. The maximum Gasteiger partial charge on any atom is 0.346 e. The largest absolute Gasteiger partial charge is 0.465 e. The maximum atomic E-state index is 12.0. The van der Waals surface area contributed by atoms with Gasteiger partial charge in [0.1, 0.15) is 4.91 Å². The van der Waals surface area contributed by atoms with Crippen molar-refractivity contribution in [1.82, 2.24) is 5.32 Å². The number of hydrogen-bond acceptors (Lipinski definition) is 4. The molecule has 0 aromatic heterocycles. The van der Waals surface area contributed by atoms with Gasteiger partial charge in [-0.05, 0) is 24.6 Å². The molecule has 6 heteroatoms. The zero-order chi connectivity index (χ0) is 13.8. The minimum Gasteiger partial charge on any atom is -0.465 e. The van der Waals surface area contributed by atoms with Gasteiger partial charge in [-0.15, -0.1) is 11.8 Å². The van der Waals surface area contributed by atoms with Crippen molar-refractivity contribution < 1.29 is 14.3 Å². The second-order valence-corrected chi connectivity index (χ2v) is 5.40. The number of amides is 1. The Balaban J connectivity index is 2.16. The van der Waals surface area contributed by atoms with Crippen LogP contribution in [0.25, 0.3) is 0 Å². The molecule has 4 nitrogen and oxygen atoms in total. The molecule has 1 aliphatic heterocycles. The normalized spacial score (nSPS) is 14.4. The smallest absolute Gasteiger partial charge is 0.346 e. The summed E-state index contributed by atoms with van der Waals surface area (Å²) >= 11 is 7.22. The molecule has 1 aromatic carbocycles. The molecular weight excluding hydrogens is 286 g/mol. The molecule has 1 amide bonds. The van der Waals surface area contributed by atoms with E-state index in [1.807, 2.05) is 0 Å². The molecule has 2 rings (SSSR count). The Kier molecular flexibility index (Phi) is 4.50. The lowest BCUT2D eigenvalue weighted by Gasteiger charge is -2.08. The molecule has 0 unspecified atom stereocenters. The van der Waals surface area contributed by atoms with Gasteiger partial charge in [0, 0.05) is 22.0 Å². The van der Waals surface area contributed by atoms with Gasteiger partial charge < -0.3 is 10.1 Å². The molecule has 1 aromatic rings. The minimum absolute atomic E-state index is 0.276. The van der Waals surface area contributed by atoms with Crippen LogP contribution in [0, 0.1) is 0 Å². The van der Waals surface area contributed by atoms with E-state index >= 15 is 0 Å². The van der Waals surface area contributed by atoms with Crippen molar-refractivity contribution in [3.63, 3.8) is 0 Å². The summed E-state index contributed by atoms with van der Waals surface area (Å²) in [5, 5.41) is 3.24. The van der Waals surface area contributed by atoms with E-state index in [9.17, 15) is 9.59 Å². The third-order valence-electron chi connectivity index (χ3n) is 2.59. The summed E-state index contributed by atoms with van der Waals surface area (Å²) in [7, 11) is 1.32. The first-order valence-corrected chi connectivity index (χ1v) is 6.99. The quantitative estimate of drug-likeness (QED) is 0.871. The van der Waals surface area contributed by atoms with E-state index in [1.54, 1.807) is 24.3 Å². The predicted octanol–water partition coefficient (Wildman–Crippen LogP) is 2.59. The third-order valence-corrected chi connectivity index (χ3v) is 3.94. The van der Waals surface area contributed by atoms with Crippen LogP contribution in [-0.2, 0) is 9.53 Å². The van der Waals surface area contributed by atoms with Gasteiger partial charge >= 0.3 is 5.97 Å². The Morgan fingerprint density at radius 1 is 1.42 bits per heavy atom. The van der Waals surface area contributed by atoms with Gasteiger partial charge in [0.25, 0.3) is 5.91 Å². The molecule has 0 aliphatic carbocycles. The van der Waals surface area contributed by atoms with Gasteiger partial charge in [-0.1, -0.05) is 17.7 Å². The summed E-state index contributed by atoms with van der Waals surface area (Å²) in [5.41, 5.74) is 1.07. The van der Waals surface area contributed by atoms with Crippen LogP contribution in [0.1, 0.15) is 16.8 Å². The molecule has 0 spiro atoms. The van der Waals surface area contributed by atoms with E-state index < -0.39 is 5.97 Å². The summed E-state index contributed by atoms with van der Waals surface area (Å²) in [6.07, 6.45) is 0.640. The molecule has 19 heavy (non-hydrogen) atoms. The van der Waals surface area contributed by atoms with Crippen LogP contribution in [-0.4, -0.2) is 24.7 Å². The fourth-order valence-electron chi connectivity index (χ4n) is 1.69. The first kappa shape index (κ1) is 14.0. The number of nitrogens with one attached hydrogen (secondary N) is 1. The van der Waals surface area contributed by atoms with Gasteiger partial charge in [0.2, 0.25) is 0 Å². The van der Waals surface area contributed by atoms with Gasteiger partial charge in [0.15, 0.2) is 0 Å². The highest BCUT2D eigenvalue weighted by atomic mass is 35.5. The lowest BCUT2D eigenvalue weighted by molar-refractivity contribution is -0.135. The fraction of sp³-hybridized carbons (Fsp3) is 0.231. The van der Waals surface area contributed by atoms with E-state index in [1.165, 1.54) is 18.9 Å². The Bertz CT molecular complexity index is 557. The van der Waals surface area contributed by atoms with Crippen molar-refractivity contribution in [1.29, 1.82) is 0 Å². The topological polar surface area (TPSA) is 55.4 Å². The third kappa shape index (κ3) is 3.30. The molecule has 100 valence electrons. The van der Waals surface area contributed by atoms with Crippen molar-refractivity contribution >= 4 is 35.2 Å². The van der Waals surface area contributed by atoms with Crippen molar-refractivity contribution in [2.75, 3.05) is 12.9 Å². The van der Waals surface area contributed by atoms with Crippen LogP contribution in [0.5, 0.6) is 0 Å². The molecular formula is C13H12ClNO3S. The lowest BCUT2D eigenvalue weighted by Crippen LogP contribution is -2.24. The van der Waals surface area contributed by atoms with Crippen LogP contribution < -0.4 is 5.32 Å². The standard InChI is InChI=1S/C13H12ClNO3S/c1-18-13(17)11-10(5-6-19-11)15-12(16)8-3-2-4-9(14)7-8/h2-4,7H,5-6H2,1H3,(H,15,16). The van der Waals surface area contributed by atoms with E-state index in [2.05, 4.69) is 10.1 Å². The monoisotopic (exact) mass is 297 g/mol. The first-order valence-electron chi connectivity index (χ1n) is 5.63. The second-order valence-electron chi connectivity index (χ2n) is 3.86. The number of hydrogen-bond donors (Lipinski definition) is 1. The van der Waals surface area contributed by atoms with Crippen LogP contribution >= 0.6 is 23.4 Å². The number of rotatable bonds is 3. The van der Waals surface area contributed by atoms with Crippen LogP contribution in [0.15, 0.2) is 34.9 Å². The zero-order valence-electron chi connectivity index (χ0n) is 10.2. The zero-order valence-corrected chi connectivity index (χ0v) is 11.8. The number of carbonyl (C=O) groups is 2. The summed E-state index contributed by atoms with van der Waals surface area (Å²) in [6.45, 7) is 0. The molecule has 0 atom stereocenters. The number of allylic oxidation sites excluding steroid dienone is 1. The summed E-state index contributed by atoms with van der Waals surface area (Å²) < 4.78 is 4.68. The van der Waals surface area contributed by atoms with Crippen LogP contribution in [0.4, 0.5) is 0 Å². The summed E-state index contributed by atoms with van der Waals surface area (Å²) in [4.78, 5) is 24.0. The molecule has 1 N–H and O–H groups in total. The molecule has 0 bridgehead atoms. The molecule has 0 saturated carbocycles. The van der Waals surface area contributed by atoms with Gasteiger partial charge in [-0.3, -0.25) is 4.79 Å². The SMILES string of the molecule is COC(=O)C1=C(NC(=O)c2cccc(Cl)c2)CCS1. The Labute approximate surface area is 120 Å². The highest BCUT2D eigenvalue weighted by molar-refractivity contribution is 8.04. The molecule has 1 aliphatic rings. The van der Waals surface area contributed by atoms with E-state index in [0.29, 0.717) is 27.6 Å².